The fraction of sp³-hybridized carbons (Fsp3) is 0.300. The summed E-state index contributed by atoms with van der Waals surface area (Å²) in [5.41, 5.74) is 5.06. The molecule has 19 heavy (non-hydrogen) atoms. The third-order valence-electron chi connectivity index (χ3n) is 1.86. The van der Waals surface area contributed by atoms with E-state index in [0.29, 0.717) is 17.4 Å². The maximum atomic E-state index is 10.8. The van der Waals surface area contributed by atoms with Crippen LogP contribution in [0.15, 0.2) is 28.1 Å². The minimum atomic E-state index is -0.585. The largest absolute Gasteiger partial charge is 0.365 e. The van der Waals surface area contributed by atoms with Crippen molar-refractivity contribution in [2.75, 3.05) is 7.05 Å². The molecule has 0 atom stereocenters. The van der Waals surface area contributed by atoms with Crippen LogP contribution in [0, 0.1) is 0 Å². The zero-order valence-corrected chi connectivity index (χ0v) is 11.6. The molecule has 1 heterocycles. The van der Waals surface area contributed by atoms with Gasteiger partial charge in [-0.15, -0.1) is 10.2 Å². The summed E-state index contributed by atoms with van der Waals surface area (Å²) in [6.45, 7) is 7.65. The molecule has 0 saturated carbocycles. The summed E-state index contributed by atoms with van der Waals surface area (Å²) in [7, 11) is 3.50. The van der Waals surface area contributed by atoms with E-state index in [0.717, 1.165) is 11.8 Å². The Morgan fingerprint density at radius 2 is 2.32 bits per heavy atom. The lowest BCUT2D eigenvalue weighted by Gasteiger charge is -2.09. The number of amides is 1. The van der Waals surface area contributed by atoms with Crippen molar-refractivity contribution in [3.63, 3.8) is 0 Å². The van der Waals surface area contributed by atoms with Crippen molar-refractivity contribution in [1.29, 1.82) is 0 Å². The van der Waals surface area contributed by atoms with E-state index >= 15 is 0 Å². The van der Waals surface area contributed by atoms with Crippen molar-refractivity contribution in [3.8, 4) is 0 Å². The standard InChI is InChI=1S/C10H15N7OS/c1-7(10(11)18)19-8(2)12-6-16(3)5-9-13-15-17(4)14-9/h6H,1-2,5H2,3-4H3,(H2,11,18). The molecule has 9 heteroatoms. The van der Waals surface area contributed by atoms with Crippen molar-refractivity contribution in [3.05, 3.63) is 28.9 Å². The topological polar surface area (TPSA) is 102 Å². The number of thioether (sulfide) groups is 1. The second-order valence-electron chi connectivity index (χ2n) is 3.64. The first kappa shape index (κ1) is 14.9. The van der Waals surface area contributed by atoms with E-state index in [-0.39, 0.29) is 4.91 Å². The fourth-order valence-electron chi connectivity index (χ4n) is 1.03. The van der Waals surface area contributed by atoms with Crippen molar-refractivity contribution >= 4 is 24.0 Å². The first-order chi connectivity index (χ1) is 8.88. The van der Waals surface area contributed by atoms with Gasteiger partial charge in [0.15, 0.2) is 5.82 Å². The zero-order valence-electron chi connectivity index (χ0n) is 10.8. The minimum Gasteiger partial charge on any atom is -0.365 e. The highest BCUT2D eigenvalue weighted by Crippen LogP contribution is 2.22. The van der Waals surface area contributed by atoms with Gasteiger partial charge in [-0.05, 0) is 5.21 Å². The zero-order chi connectivity index (χ0) is 14.4. The molecule has 0 aromatic carbocycles. The molecule has 1 amide bonds. The maximum absolute atomic E-state index is 10.8. The van der Waals surface area contributed by atoms with Crippen LogP contribution in [0.4, 0.5) is 0 Å². The number of carbonyl (C=O) groups is 1. The summed E-state index contributed by atoms with van der Waals surface area (Å²) in [5, 5.41) is 12.0. The number of nitrogens with zero attached hydrogens (tertiary/aromatic N) is 6. The summed E-state index contributed by atoms with van der Waals surface area (Å²) >= 11 is 1.02. The van der Waals surface area contributed by atoms with Gasteiger partial charge >= 0.3 is 0 Å². The molecule has 0 fully saturated rings. The Kier molecular flexibility index (Phi) is 5.24. The summed E-state index contributed by atoms with van der Waals surface area (Å²) in [6, 6.07) is 0. The summed E-state index contributed by atoms with van der Waals surface area (Å²) in [5.74, 6) is -0.00488. The smallest absolute Gasteiger partial charge is 0.254 e. The van der Waals surface area contributed by atoms with Crippen LogP contribution in [0.2, 0.25) is 0 Å². The molecule has 0 bridgehead atoms. The average Bonchev–Trinajstić information content (AvgIpc) is 2.72. The van der Waals surface area contributed by atoms with E-state index in [4.69, 9.17) is 5.73 Å². The van der Waals surface area contributed by atoms with Crippen molar-refractivity contribution in [2.45, 2.75) is 6.54 Å². The maximum Gasteiger partial charge on any atom is 0.254 e. The van der Waals surface area contributed by atoms with Crippen molar-refractivity contribution in [2.24, 2.45) is 17.8 Å². The van der Waals surface area contributed by atoms with Gasteiger partial charge in [-0.2, -0.15) is 4.80 Å². The van der Waals surface area contributed by atoms with Gasteiger partial charge in [0.2, 0.25) is 0 Å². The van der Waals surface area contributed by atoms with Gasteiger partial charge in [-0.3, -0.25) is 4.79 Å². The Morgan fingerprint density at radius 1 is 1.63 bits per heavy atom. The van der Waals surface area contributed by atoms with Crippen LogP contribution in [0.3, 0.4) is 0 Å². The van der Waals surface area contributed by atoms with Crippen LogP contribution in [-0.4, -0.2) is 44.4 Å². The Labute approximate surface area is 115 Å². The number of carbonyl (C=O) groups excluding carboxylic acids is 1. The quantitative estimate of drug-likeness (QED) is 0.424. The summed E-state index contributed by atoms with van der Waals surface area (Å²) in [4.78, 5) is 18.2. The Morgan fingerprint density at radius 3 is 2.84 bits per heavy atom. The molecule has 2 N–H and O–H groups in total. The predicted octanol–water partition coefficient (Wildman–Crippen LogP) is -0.126. The highest BCUT2D eigenvalue weighted by molar-refractivity contribution is 8.07. The SMILES string of the molecule is C=C(N=CN(C)Cc1nnn(C)n1)SC(=C)C(N)=O. The number of aliphatic imine (C=N–C) groups is 1. The highest BCUT2D eigenvalue weighted by atomic mass is 32.2. The molecule has 102 valence electrons. The number of hydrogen-bond acceptors (Lipinski definition) is 6. The Balaban J connectivity index is 2.45. The first-order valence-electron chi connectivity index (χ1n) is 5.21. The normalized spacial score (nSPS) is 10.6. The number of aromatic nitrogens is 4. The average molecular weight is 281 g/mol. The second-order valence-corrected chi connectivity index (χ2v) is 4.81. The molecule has 1 aromatic rings. The van der Waals surface area contributed by atoms with Gasteiger partial charge in [-0.25, -0.2) is 4.99 Å². The molecule has 1 rings (SSSR count). The van der Waals surface area contributed by atoms with Gasteiger partial charge in [-0.1, -0.05) is 24.9 Å². The Hall–Kier alpha value is -2.16. The molecule has 0 spiro atoms. The van der Waals surface area contributed by atoms with Crippen molar-refractivity contribution < 1.29 is 4.79 Å². The number of hydrogen-bond donors (Lipinski definition) is 1. The first-order valence-corrected chi connectivity index (χ1v) is 6.03. The Bertz CT molecular complexity index is 522. The van der Waals surface area contributed by atoms with E-state index in [9.17, 15) is 4.79 Å². The van der Waals surface area contributed by atoms with E-state index in [1.807, 2.05) is 0 Å². The minimum absolute atomic E-state index is 0.195. The van der Waals surface area contributed by atoms with Gasteiger partial charge in [0.05, 0.1) is 29.9 Å². The molecule has 0 aliphatic heterocycles. The van der Waals surface area contributed by atoms with Crippen molar-refractivity contribution in [1.82, 2.24) is 25.1 Å². The van der Waals surface area contributed by atoms with E-state index in [1.165, 1.54) is 4.80 Å². The molecule has 0 unspecified atom stereocenters. The molecular formula is C10H15N7OS. The number of nitrogens with two attached hydrogens (primary N) is 1. The van der Waals surface area contributed by atoms with Gasteiger partial charge in [0.25, 0.3) is 5.91 Å². The van der Waals surface area contributed by atoms with E-state index in [1.54, 1.807) is 25.3 Å². The molecule has 0 radical (unpaired) electrons. The molecule has 8 nitrogen and oxygen atoms in total. The molecular weight excluding hydrogens is 266 g/mol. The molecule has 0 saturated heterocycles. The van der Waals surface area contributed by atoms with Crippen LogP contribution < -0.4 is 5.73 Å². The van der Waals surface area contributed by atoms with Crippen LogP contribution >= 0.6 is 11.8 Å². The van der Waals surface area contributed by atoms with Gasteiger partial charge in [0.1, 0.15) is 0 Å². The number of primary amides is 1. The monoisotopic (exact) mass is 281 g/mol. The van der Waals surface area contributed by atoms with Gasteiger partial charge in [0, 0.05) is 7.05 Å². The number of tetrazole rings is 1. The van der Waals surface area contributed by atoms with Gasteiger partial charge < -0.3 is 10.6 Å². The highest BCUT2D eigenvalue weighted by Gasteiger charge is 2.05. The third kappa shape index (κ3) is 5.34. The molecule has 1 aromatic heterocycles. The van der Waals surface area contributed by atoms with Crippen LogP contribution in [-0.2, 0) is 18.4 Å². The van der Waals surface area contributed by atoms with E-state index < -0.39 is 5.91 Å². The lowest BCUT2D eigenvalue weighted by molar-refractivity contribution is -0.113. The van der Waals surface area contributed by atoms with Crippen LogP contribution in [0.25, 0.3) is 0 Å². The number of aryl methyl sites for hydroxylation is 1. The lowest BCUT2D eigenvalue weighted by Crippen LogP contribution is -2.16. The summed E-state index contributed by atoms with van der Waals surface area (Å²) < 4.78 is 0. The predicted molar refractivity (Wildman–Crippen MR) is 73.8 cm³/mol. The second kappa shape index (κ2) is 6.69. The van der Waals surface area contributed by atoms with E-state index in [2.05, 4.69) is 33.6 Å². The number of rotatable bonds is 7. The lowest BCUT2D eigenvalue weighted by atomic mass is 10.6. The summed E-state index contributed by atoms with van der Waals surface area (Å²) in [6.07, 6.45) is 1.56. The molecule has 0 aliphatic carbocycles. The van der Waals surface area contributed by atoms with Crippen LogP contribution in [0.5, 0.6) is 0 Å². The van der Waals surface area contributed by atoms with Crippen LogP contribution in [0.1, 0.15) is 5.82 Å². The third-order valence-corrected chi connectivity index (χ3v) is 2.64. The fourth-order valence-corrected chi connectivity index (χ4v) is 1.52. The molecule has 0 aliphatic rings.